The Bertz CT molecular complexity index is 324. The van der Waals surface area contributed by atoms with E-state index in [1.807, 2.05) is 7.05 Å². The Balaban J connectivity index is 2.44. The molecule has 0 aromatic carbocycles. The number of rotatable bonds is 10. The van der Waals surface area contributed by atoms with Gasteiger partial charge in [0, 0.05) is 12.6 Å². The minimum atomic E-state index is -3.03. The van der Waals surface area contributed by atoms with Gasteiger partial charge < -0.3 is 5.32 Å². The third kappa shape index (κ3) is 5.67. The first-order valence-corrected chi connectivity index (χ1v) is 8.72. The Morgan fingerprint density at radius 1 is 1.28 bits per heavy atom. The fourth-order valence-corrected chi connectivity index (χ4v) is 3.85. The molecule has 0 saturated heterocycles. The van der Waals surface area contributed by atoms with E-state index in [0.717, 1.165) is 38.6 Å². The molecule has 108 valence electrons. The summed E-state index contributed by atoms with van der Waals surface area (Å²) in [4.78, 5) is 0. The third-order valence-corrected chi connectivity index (χ3v) is 5.32. The van der Waals surface area contributed by atoms with Crippen molar-refractivity contribution in [1.29, 1.82) is 0 Å². The molecule has 0 unspecified atom stereocenters. The van der Waals surface area contributed by atoms with E-state index in [0.29, 0.717) is 24.3 Å². The Labute approximate surface area is 112 Å². The third-order valence-electron chi connectivity index (χ3n) is 3.32. The molecule has 0 radical (unpaired) electrons. The highest BCUT2D eigenvalue weighted by Gasteiger charge is 2.36. The van der Waals surface area contributed by atoms with Crippen LogP contribution in [0.15, 0.2) is 0 Å². The van der Waals surface area contributed by atoms with Gasteiger partial charge in [0.2, 0.25) is 10.0 Å². The van der Waals surface area contributed by atoms with E-state index in [9.17, 15) is 8.42 Å². The van der Waals surface area contributed by atoms with Crippen molar-refractivity contribution in [3.63, 3.8) is 0 Å². The van der Waals surface area contributed by atoms with Crippen molar-refractivity contribution < 1.29 is 8.42 Å². The average molecular weight is 276 g/mol. The van der Waals surface area contributed by atoms with Crippen LogP contribution in [0.1, 0.15) is 46.0 Å². The van der Waals surface area contributed by atoms with E-state index in [-0.39, 0.29) is 0 Å². The molecule has 0 spiro atoms. The van der Waals surface area contributed by atoms with Gasteiger partial charge in [-0.2, -0.15) is 4.31 Å². The SMILES string of the molecule is CNCCCCS(=O)(=O)N(CCC(C)C)C1CC1. The van der Waals surface area contributed by atoms with Crippen LogP contribution in [-0.2, 0) is 10.0 Å². The standard InChI is InChI=1S/C13H28N2O2S/c1-12(2)8-10-15(13-6-7-13)18(16,17)11-5-4-9-14-3/h12-14H,4-11H2,1-3H3. The summed E-state index contributed by atoms with van der Waals surface area (Å²) >= 11 is 0. The molecule has 1 aliphatic carbocycles. The number of nitrogens with one attached hydrogen (secondary N) is 1. The lowest BCUT2D eigenvalue weighted by Gasteiger charge is -2.22. The number of unbranched alkanes of at least 4 members (excludes halogenated alkanes) is 1. The van der Waals surface area contributed by atoms with E-state index < -0.39 is 10.0 Å². The predicted octanol–water partition coefficient (Wildman–Crippen LogP) is 1.83. The molecule has 4 nitrogen and oxygen atoms in total. The summed E-state index contributed by atoms with van der Waals surface area (Å²) in [5.74, 6) is 0.870. The summed E-state index contributed by atoms with van der Waals surface area (Å²) in [5.41, 5.74) is 0. The highest BCUT2D eigenvalue weighted by Crippen LogP contribution is 2.30. The molecule has 0 amide bonds. The largest absolute Gasteiger partial charge is 0.320 e. The second-order valence-corrected chi connectivity index (χ2v) is 7.69. The average Bonchev–Trinajstić information content (AvgIpc) is 3.08. The van der Waals surface area contributed by atoms with Gasteiger partial charge in [-0.3, -0.25) is 0 Å². The lowest BCUT2D eigenvalue weighted by molar-refractivity contribution is 0.372. The van der Waals surface area contributed by atoms with E-state index in [1.165, 1.54) is 0 Å². The van der Waals surface area contributed by atoms with Gasteiger partial charge in [0.15, 0.2) is 0 Å². The smallest absolute Gasteiger partial charge is 0.214 e. The van der Waals surface area contributed by atoms with Crippen molar-refractivity contribution in [2.24, 2.45) is 5.92 Å². The lowest BCUT2D eigenvalue weighted by Crippen LogP contribution is -2.36. The molecule has 5 heteroatoms. The fraction of sp³-hybridized carbons (Fsp3) is 1.00. The lowest BCUT2D eigenvalue weighted by atomic mass is 10.1. The summed E-state index contributed by atoms with van der Waals surface area (Å²) in [5, 5.41) is 3.05. The van der Waals surface area contributed by atoms with Crippen molar-refractivity contribution in [3.8, 4) is 0 Å². The van der Waals surface area contributed by atoms with Crippen molar-refractivity contribution >= 4 is 10.0 Å². The van der Waals surface area contributed by atoms with Crippen LogP contribution in [0.2, 0.25) is 0 Å². The molecule has 0 heterocycles. The number of hydrogen-bond acceptors (Lipinski definition) is 3. The van der Waals surface area contributed by atoms with Gasteiger partial charge in [0.25, 0.3) is 0 Å². The van der Waals surface area contributed by atoms with Gasteiger partial charge in [-0.1, -0.05) is 13.8 Å². The molecule has 18 heavy (non-hydrogen) atoms. The van der Waals surface area contributed by atoms with E-state index >= 15 is 0 Å². The molecular formula is C13H28N2O2S. The van der Waals surface area contributed by atoms with Gasteiger partial charge >= 0.3 is 0 Å². The molecule has 1 fully saturated rings. The molecule has 0 aromatic heterocycles. The Hall–Kier alpha value is -0.130. The zero-order valence-corrected chi connectivity index (χ0v) is 12.8. The fourth-order valence-electron chi connectivity index (χ4n) is 2.00. The summed E-state index contributed by atoms with van der Waals surface area (Å²) in [6.07, 6.45) is 4.75. The molecule has 1 N–H and O–H groups in total. The molecule has 1 saturated carbocycles. The second kappa shape index (κ2) is 7.46. The van der Waals surface area contributed by atoms with Crippen LogP contribution in [0.5, 0.6) is 0 Å². The summed E-state index contributed by atoms with van der Waals surface area (Å²) < 4.78 is 26.4. The quantitative estimate of drug-likeness (QED) is 0.619. The van der Waals surface area contributed by atoms with E-state index in [2.05, 4.69) is 19.2 Å². The van der Waals surface area contributed by atoms with Gasteiger partial charge in [-0.05, 0) is 51.6 Å². The first kappa shape index (κ1) is 15.9. The summed E-state index contributed by atoms with van der Waals surface area (Å²) in [6.45, 7) is 5.89. The van der Waals surface area contributed by atoms with E-state index in [4.69, 9.17) is 0 Å². The maximum absolute atomic E-state index is 12.3. The minimum Gasteiger partial charge on any atom is -0.320 e. The number of hydrogen-bond donors (Lipinski definition) is 1. The van der Waals surface area contributed by atoms with Crippen LogP contribution in [0.25, 0.3) is 0 Å². The van der Waals surface area contributed by atoms with Gasteiger partial charge in [0.1, 0.15) is 0 Å². The monoisotopic (exact) mass is 276 g/mol. The highest BCUT2D eigenvalue weighted by atomic mass is 32.2. The topological polar surface area (TPSA) is 49.4 Å². The zero-order valence-electron chi connectivity index (χ0n) is 12.0. The van der Waals surface area contributed by atoms with Crippen LogP contribution in [0.4, 0.5) is 0 Å². The van der Waals surface area contributed by atoms with Gasteiger partial charge in [-0.25, -0.2) is 8.42 Å². The molecule has 1 aliphatic rings. The van der Waals surface area contributed by atoms with Crippen LogP contribution in [-0.4, -0.2) is 44.7 Å². The molecule has 0 bridgehead atoms. The number of nitrogens with zero attached hydrogens (tertiary/aromatic N) is 1. The van der Waals surface area contributed by atoms with Gasteiger partial charge in [0.05, 0.1) is 5.75 Å². The molecular weight excluding hydrogens is 248 g/mol. The van der Waals surface area contributed by atoms with Crippen LogP contribution >= 0.6 is 0 Å². The Kier molecular flexibility index (Phi) is 6.60. The second-order valence-electron chi connectivity index (χ2n) is 5.65. The number of sulfonamides is 1. The maximum atomic E-state index is 12.3. The molecule has 0 atom stereocenters. The van der Waals surface area contributed by atoms with Crippen molar-refractivity contribution in [1.82, 2.24) is 9.62 Å². The minimum absolute atomic E-state index is 0.304. The van der Waals surface area contributed by atoms with Crippen molar-refractivity contribution in [3.05, 3.63) is 0 Å². The molecule has 1 rings (SSSR count). The Morgan fingerprint density at radius 3 is 2.44 bits per heavy atom. The van der Waals surface area contributed by atoms with Crippen molar-refractivity contribution in [2.75, 3.05) is 25.9 Å². The highest BCUT2D eigenvalue weighted by molar-refractivity contribution is 7.89. The molecule has 0 aromatic rings. The normalized spacial score (nSPS) is 16.7. The van der Waals surface area contributed by atoms with Crippen molar-refractivity contribution in [2.45, 2.75) is 52.0 Å². The van der Waals surface area contributed by atoms with Crippen LogP contribution in [0, 0.1) is 5.92 Å². The summed E-state index contributed by atoms with van der Waals surface area (Å²) in [7, 11) is -1.13. The summed E-state index contributed by atoms with van der Waals surface area (Å²) in [6, 6.07) is 0.304. The zero-order chi connectivity index (χ0) is 13.6. The van der Waals surface area contributed by atoms with E-state index in [1.54, 1.807) is 4.31 Å². The van der Waals surface area contributed by atoms with Gasteiger partial charge in [-0.15, -0.1) is 0 Å². The van der Waals surface area contributed by atoms with Crippen LogP contribution < -0.4 is 5.32 Å². The maximum Gasteiger partial charge on any atom is 0.214 e. The first-order valence-electron chi connectivity index (χ1n) is 7.11. The molecule has 0 aliphatic heterocycles. The Morgan fingerprint density at radius 2 is 1.94 bits per heavy atom. The predicted molar refractivity (Wildman–Crippen MR) is 76.1 cm³/mol. The first-order chi connectivity index (χ1) is 8.47. The van der Waals surface area contributed by atoms with Crippen LogP contribution in [0.3, 0.4) is 0 Å².